The number of rotatable bonds is 9. The van der Waals surface area contributed by atoms with Gasteiger partial charge in [-0.15, -0.1) is 0 Å². The lowest BCUT2D eigenvalue weighted by Gasteiger charge is -2.27. The number of H-pyrrole nitrogens is 1. The molecule has 188 valence electrons. The fraction of sp³-hybridized carbons (Fsp3) is 0.357. The fourth-order valence-electron chi connectivity index (χ4n) is 4.34. The molecule has 0 saturated carbocycles. The molecule has 0 radical (unpaired) electrons. The third-order valence-corrected chi connectivity index (χ3v) is 6.45. The van der Waals surface area contributed by atoms with Crippen LogP contribution in [0.4, 0.5) is 0 Å². The number of aliphatic hydroxyl groups excluding tert-OH is 2. The summed E-state index contributed by atoms with van der Waals surface area (Å²) in [5.41, 5.74) is 3.44. The van der Waals surface area contributed by atoms with Gasteiger partial charge in [0.2, 0.25) is 5.75 Å². The van der Waals surface area contributed by atoms with Crippen molar-refractivity contribution in [3.05, 3.63) is 93.2 Å². The molecule has 1 aromatic heterocycles. The number of nitrogens with zero attached hydrogens (tertiary/aromatic N) is 2. The minimum absolute atomic E-state index is 0.128. The van der Waals surface area contributed by atoms with Crippen molar-refractivity contribution >= 4 is 0 Å². The summed E-state index contributed by atoms with van der Waals surface area (Å²) in [6.07, 6.45) is 2.48. The van der Waals surface area contributed by atoms with E-state index in [4.69, 9.17) is 4.74 Å². The third kappa shape index (κ3) is 6.59. The van der Waals surface area contributed by atoms with Crippen molar-refractivity contribution in [2.45, 2.75) is 31.3 Å². The van der Waals surface area contributed by atoms with Crippen LogP contribution in [0.25, 0.3) is 0 Å². The van der Waals surface area contributed by atoms with Crippen molar-refractivity contribution in [1.82, 2.24) is 14.9 Å². The molecule has 1 aliphatic heterocycles. The number of aliphatic hydroxyl groups is 2. The number of aromatic nitrogens is 2. The summed E-state index contributed by atoms with van der Waals surface area (Å²) in [6.45, 7) is 2.87. The SMILES string of the molecule is O=c1[nH]cnc(C[C@@H](CO)c2ccc(C#Cc3ccc(CN(CCO)[C@@H]4CCOC4)cc3)cc2)c1O. The fourth-order valence-corrected chi connectivity index (χ4v) is 4.34. The minimum atomic E-state index is -0.596. The molecule has 0 amide bonds. The molecule has 4 N–H and O–H groups in total. The van der Waals surface area contributed by atoms with Crippen LogP contribution in [0.1, 0.15) is 40.3 Å². The Bertz CT molecular complexity index is 1240. The van der Waals surface area contributed by atoms with Crippen LogP contribution in [0.5, 0.6) is 5.75 Å². The summed E-state index contributed by atoms with van der Waals surface area (Å²) in [5, 5.41) is 29.2. The number of ether oxygens (including phenoxy) is 1. The standard InChI is InChI=1S/C28H31N3O5/c32-13-12-31(25-11-14-36-18-25)16-22-5-3-20(4-6-22)1-2-21-7-9-23(10-8-21)24(17-33)15-26-27(34)28(35)30-19-29-26/h3-10,19,24-25,32-34H,11-18H2,(H,29,30,35)/t24-,25+/m0/s1. The highest BCUT2D eigenvalue weighted by molar-refractivity contribution is 5.44. The predicted molar refractivity (Wildman–Crippen MR) is 136 cm³/mol. The molecule has 1 aliphatic rings. The summed E-state index contributed by atoms with van der Waals surface area (Å²) in [4.78, 5) is 20.2. The number of hydrogen-bond donors (Lipinski definition) is 4. The van der Waals surface area contributed by atoms with Gasteiger partial charge in [0.05, 0.1) is 31.8 Å². The Morgan fingerprint density at radius 1 is 1.08 bits per heavy atom. The summed E-state index contributed by atoms with van der Waals surface area (Å²) >= 11 is 0. The molecule has 36 heavy (non-hydrogen) atoms. The molecule has 8 heteroatoms. The Hall–Kier alpha value is -3.48. The van der Waals surface area contributed by atoms with Gasteiger partial charge in [0.1, 0.15) is 0 Å². The smallest absolute Gasteiger partial charge is 0.293 e. The largest absolute Gasteiger partial charge is 0.502 e. The summed E-state index contributed by atoms with van der Waals surface area (Å²) in [7, 11) is 0. The molecule has 4 rings (SSSR count). The average Bonchev–Trinajstić information content (AvgIpc) is 3.44. The van der Waals surface area contributed by atoms with E-state index in [2.05, 4.69) is 38.8 Å². The third-order valence-electron chi connectivity index (χ3n) is 6.45. The van der Waals surface area contributed by atoms with Crippen molar-refractivity contribution in [3.63, 3.8) is 0 Å². The van der Waals surface area contributed by atoms with Crippen molar-refractivity contribution in [2.24, 2.45) is 0 Å². The monoisotopic (exact) mass is 489 g/mol. The van der Waals surface area contributed by atoms with Gasteiger partial charge in [0.15, 0.2) is 0 Å². The molecule has 0 spiro atoms. The molecule has 1 fully saturated rings. The summed E-state index contributed by atoms with van der Waals surface area (Å²) in [6, 6.07) is 16.0. The van der Waals surface area contributed by atoms with Crippen LogP contribution in [-0.4, -0.2) is 69.2 Å². The van der Waals surface area contributed by atoms with Gasteiger partial charge in [-0.1, -0.05) is 36.1 Å². The second kappa shape index (κ2) is 12.5. The first-order chi connectivity index (χ1) is 17.6. The van der Waals surface area contributed by atoms with Crippen LogP contribution in [-0.2, 0) is 17.7 Å². The molecule has 8 nitrogen and oxygen atoms in total. The molecule has 3 aromatic rings. The first-order valence-electron chi connectivity index (χ1n) is 12.1. The Morgan fingerprint density at radius 3 is 2.39 bits per heavy atom. The highest BCUT2D eigenvalue weighted by Crippen LogP contribution is 2.23. The number of aromatic amines is 1. The van der Waals surface area contributed by atoms with Crippen LogP contribution in [0.15, 0.2) is 59.7 Å². The van der Waals surface area contributed by atoms with Gasteiger partial charge < -0.3 is 25.0 Å². The topological polar surface area (TPSA) is 119 Å². The van der Waals surface area contributed by atoms with Gasteiger partial charge in [-0.25, -0.2) is 4.98 Å². The van der Waals surface area contributed by atoms with Crippen molar-refractivity contribution in [2.75, 3.05) is 33.0 Å². The van der Waals surface area contributed by atoms with Crippen LogP contribution < -0.4 is 5.56 Å². The normalized spacial score (nSPS) is 16.0. The predicted octanol–water partition coefficient (Wildman–Crippen LogP) is 1.78. The maximum absolute atomic E-state index is 11.6. The van der Waals surface area contributed by atoms with Gasteiger partial charge >= 0.3 is 0 Å². The number of benzene rings is 2. The van der Waals surface area contributed by atoms with E-state index in [9.17, 15) is 20.1 Å². The lowest BCUT2D eigenvalue weighted by Crippen LogP contribution is -2.37. The average molecular weight is 490 g/mol. The first kappa shape index (κ1) is 25.6. The Morgan fingerprint density at radius 2 is 1.78 bits per heavy atom. The Kier molecular flexibility index (Phi) is 8.87. The molecule has 2 aromatic carbocycles. The van der Waals surface area contributed by atoms with E-state index < -0.39 is 11.3 Å². The van der Waals surface area contributed by atoms with Gasteiger partial charge in [-0.2, -0.15) is 0 Å². The highest BCUT2D eigenvalue weighted by atomic mass is 16.5. The van der Waals surface area contributed by atoms with E-state index in [0.717, 1.165) is 36.3 Å². The van der Waals surface area contributed by atoms with E-state index in [-0.39, 0.29) is 31.2 Å². The molecule has 1 saturated heterocycles. The second-order valence-electron chi connectivity index (χ2n) is 8.89. The highest BCUT2D eigenvalue weighted by Gasteiger charge is 2.23. The molecule has 2 heterocycles. The lowest BCUT2D eigenvalue weighted by atomic mass is 9.94. The van der Waals surface area contributed by atoms with Gasteiger partial charge in [0.25, 0.3) is 5.56 Å². The number of hydrogen-bond acceptors (Lipinski definition) is 7. The van der Waals surface area contributed by atoms with Gasteiger partial charge in [-0.3, -0.25) is 9.69 Å². The molecule has 0 bridgehead atoms. The Balaban J connectivity index is 1.39. The summed E-state index contributed by atoms with van der Waals surface area (Å²) in [5.74, 6) is 5.63. The second-order valence-corrected chi connectivity index (χ2v) is 8.89. The Labute approximate surface area is 210 Å². The van der Waals surface area contributed by atoms with E-state index in [1.165, 1.54) is 11.9 Å². The first-order valence-corrected chi connectivity index (χ1v) is 12.1. The minimum Gasteiger partial charge on any atom is -0.502 e. The van der Waals surface area contributed by atoms with Crippen molar-refractivity contribution in [1.29, 1.82) is 0 Å². The molecule has 0 unspecified atom stereocenters. The molecular formula is C28H31N3O5. The maximum Gasteiger partial charge on any atom is 0.293 e. The zero-order chi connectivity index (χ0) is 25.3. The van der Waals surface area contributed by atoms with E-state index in [1.807, 2.05) is 36.4 Å². The van der Waals surface area contributed by atoms with Gasteiger partial charge in [0, 0.05) is 49.2 Å². The number of nitrogens with one attached hydrogen (secondary N) is 1. The quantitative estimate of drug-likeness (QED) is 0.338. The van der Waals surface area contributed by atoms with E-state index >= 15 is 0 Å². The zero-order valence-electron chi connectivity index (χ0n) is 20.1. The van der Waals surface area contributed by atoms with Gasteiger partial charge in [-0.05, 0) is 41.8 Å². The van der Waals surface area contributed by atoms with E-state index in [0.29, 0.717) is 19.2 Å². The zero-order valence-corrected chi connectivity index (χ0v) is 20.1. The molecule has 2 atom stereocenters. The molecule has 0 aliphatic carbocycles. The van der Waals surface area contributed by atoms with Crippen LogP contribution in [0, 0.1) is 11.8 Å². The van der Waals surface area contributed by atoms with Crippen LogP contribution in [0.3, 0.4) is 0 Å². The van der Waals surface area contributed by atoms with Crippen molar-refractivity contribution < 1.29 is 20.1 Å². The van der Waals surface area contributed by atoms with Crippen molar-refractivity contribution in [3.8, 4) is 17.6 Å². The molecular weight excluding hydrogens is 458 g/mol. The summed E-state index contributed by atoms with van der Waals surface area (Å²) < 4.78 is 5.50. The van der Waals surface area contributed by atoms with E-state index in [1.54, 1.807) is 0 Å². The lowest BCUT2D eigenvalue weighted by molar-refractivity contribution is 0.118. The number of aromatic hydroxyl groups is 1. The van der Waals surface area contributed by atoms with Crippen LogP contribution >= 0.6 is 0 Å². The van der Waals surface area contributed by atoms with Crippen LogP contribution in [0.2, 0.25) is 0 Å². The maximum atomic E-state index is 11.6.